The minimum absolute atomic E-state index is 0.0651. The van der Waals surface area contributed by atoms with Gasteiger partial charge in [0.2, 0.25) is 0 Å². The van der Waals surface area contributed by atoms with Crippen molar-refractivity contribution in [2.75, 3.05) is 13.2 Å². The third kappa shape index (κ3) is 43.5. The first-order valence-electron chi connectivity index (χ1n) is 24.7. The zero-order valence-electron chi connectivity index (χ0n) is 38.3. The van der Waals surface area contributed by atoms with Crippen LogP contribution in [0, 0.1) is 11.8 Å². The molecule has 0 aromatic carbocycles. The van der Waals surface area contributed by atoms with Crippen LogP contribution in [-0.2, 0) is 28.6 Å². The lowest BCUT2D eigenvalue weighted by atomic mass is 10.0. The van der Waals surface area contributed by atoms with Gasteiger partial charge in [-0.05, 0) is 31.1 Å². The molecule has 0 N–H and O–H groups in total. The Balaban J connectivity index is 4.12. The second-order valence-corrected chi connectivity index (χ2v) is 18.1. The molecule has 0 bridgehead atoms. The Morgan fingerprint density at radius 2 is 0.589 bits per heavy atom. The molecule has 6 nitrogen and oxygen atoms in total. The molecule has 0 aliphatic heterocycles. The molecule has 0 amide bonds. The van der Waals surface area contributed by atoms with Gasteiger partial charge in [0.1, 0.15) is 13.2 Å². The summed E-state index contributed by atoms with van der Waals surface area (Å²) in [5.74, 6) is 0.814. The van der Waals surface area contributed by atoms with Gasteiger partial charge >= 0.3 is 17.9 Å². The van der Waals surface area contributed by atoms with Gasteiger partial charge in [0, 0.05) is 19.3 Å². The van der Waals surface area contributed by atoms with Gasteiger partial charge < -0.3 is 14.2 Å². The van der Waals surface area contributed by atoms with Gasteiger partial charge in [-0.1, -0.05) is 234 Å². The Morgan fingerprint density at radius 3 is 0.875 bits per heavy atom. The minimum Gasteiger partial charge on any atom is -0.462 e. The van der Waals surface area contributed by atoms with Crippen LogP contribution in [0.5, 0.6) is 0 Å². The van der Waals surface area contributed by atoms with E-state index >= 15 is 0 Å². The molecule has 0 aliphatic rings. The van der Waals surface area contributed by atoms with E-state index in [1.807, 2.05) is 0 Å². The van der Waals surface area contributed by atoms with Crippen molar-refractivity contribution in [1.82, 2.24) is 0 Å². The molecule has 1 atom stereocenters. The summed E-state index contributed by atoms with van der Waals surface area (Å²) in [6.07, 6.45) is 42.7. The summed E-state index contributed by atoms with van der Waals surface area (Å²) in [5, 5.41) is 0. The maximum Gasteiger partial charge on any atom is 0.306 e. The molecule has 0 spiro atoms. The molecule has 6 heteroatoms. The number of hydrogen-bond acceptors (Lipinski definition) is 6. The largest absolute Gasteiger partial charge is 0.462 e. The second-order valence-electron chi connectivity index (χ2n) is 18.1. The highest BCUT2D eigenvalue weighted by Crippen LogP contribution is 2.17. The highest BCUT2D eigenvalue weighted by molar-refractivity contribution is 5.71. The zero-order chi connectivity index (χ0) is 41.2. The number of hydrogen-bond donors (Lipinski definition) is 0. The molecule has 0 unspecified atom stereocenters. The summed E-state index contributed by atoms with van der Waals surface area (Å²) in [6.45, 7) is 11.3. The molecule has 0 heterocycles. The van der Waals surface area contributed by atoms with Crippen molar-refractivity contribution in [2.24, 2.45) is 11.8 Å². The first-order valence-corrected chi connectivity index (χ1v) is 24.7. The Labute approximate surface area is 348 Å². The number of ether oxygens (including phenoxy) is 3. The van der Waals surface area contributed by atoms with Crippen molar-refractivity contribution in [3.63, 3.8) is 0 Å². The Hall–Kier alpha value is -1.59. The number of carbonyl (C=O) groups excluding carboxylic acids is 3. The molecule has 0 fully saturated rings. The molecular formula is C50H96O6. The summed E-state index contributed by atoms with van der Waals surface area (Å²) in [5.41, 5.74) is 0. The van der Waals surface area contributed by atoms with Crippen LogP contribution < -0.4 is 0 Å². The average Bonchev–Trinajstić information content (AvgIpc) is 3.16. The third-order valence-electron chi connectivity index (χ3n) is 11.2. The lowest BCUT2D eigenvalue weighted by Crippen LogP contribution is -2.30. The van der Waals surface area contributed by atoms with Gasteiger partial charge in [-0.3, -0.25) is 14.4 Å². The highest BCUT2D eigenvalue weighted by atomic mass is 16.6. The minimum atomic E-state index is -0.759. The second kappa shape index (κ2) is 43.0. The molecule has 332 valence electrons. The normalized spacial score (nSPS) is 12.1. The van der Waals surface area contributed by atoms with Crippen LogP contribution in [0.15, 0.2) is 0 Å². The zero-order valence-corrected chi connectivity index (χ0v) is 38.3. The first-order chi connectivity index (χ1) is 27.2. The van der Waals surface area contributed by atoms with Crippen molar-refractivity contribution in [2.45, 2.75) is 278 Å². The fraction of sp³-hybridized carbons (Fsp3) is 0.940. The molecule has 0 saturated carbocycles. The monoisotopic (exact) mass is 793 g/mol. The summed E-state index contributed by atoms with van der Waals surface area (Å²) in [7, 11) is 0. The fourth-order valence-electron chi connectivity index (χ4n) is 7.46. The Kier molecular flexibility index (Phi) is 41.8. The van der Waals surface area contributed by atoms with E-state index in [1.54, 1.807) is 0 Å². The van der Waals surface area contributed by atoms with Crippen LogP contribution >= 0.6 is 0 Å². The summed E-state index contributed by atoms with van der Waals surface area (Å²) >= 11 is 0. The smallest absolute Gasteiger partial charge is 0.306 e. The van der Waals surface area contributed by atoms with Crippen LogP contribution in [0.4, 0.5) is 0 Å². The topological polar surface area (TPSA) is 78.9 Å². The van der Waals surface area contributed by atoms with Crippen molar-refractivity contribution < 1.29 is 28.6 Å². The molecule has 0 aliphatic carbocycles. The molecule has 0 radical (unpaired) electrons. The molecular weight excluding hydrogens is 697 g/mol. The third-order valence-corrected chi connectivity index (χ3v) is 11.2. The van der Waals surface area contributed by atoms with E-state index in [4.69, 9.17) is 14.2 Å². The Morgan fingerprint density at radius 1 is 0.339 bits per heavy atom. The van der Waals surface area contributed by atoms with Gasteiger partial charge in [-0.15, -0.1) is 0 Å². The number of carbonyl (C=O) groups is 3. The number of rotatable bonds is 44. The van der Waals surface area contributed by atoms with Crippen molar-refractivity contribution >= 4 is 17.9 Å². The number of esters is 3. The Bertz CT molecular complexity index is 854. The van der Waals surface area contributed by atoms with Crippen LogP contribution in [0.3, 0.4) is 0 Å². The predicted molar refractivity (Wildman–Crippen MR) is 238 cm³/mol. The van der Waals surface area contributed by atoms with E-state index in [0.717, 1.165) is 76.0 Å². The summed E-state index contributed by atoms with van der Waals surface area (Å²) in [4.78, 5) is 37.6. The van der Waals surface area contributed by atoms with E-state index < -0.39 is 6.10 Å². The van der Waals surface area contributed by atoms with Crippen molar-refractivity contribution in [3.8, 4) is 0 Å². The van der Waals surface area contributed by atoms with Gasteiger partial charge in [0.25, 0.3) is 0 Å². The predicted octanol–water partition coefficient (Wildman–Crippen LogP) is 15.8. The maximum atomic E-state index is 12.7. The van der Waals surface area contributed by atoms with E-state index in [9.17, 15) is 14.4 Å². The van der Waals surface area contributed by atoms with E-state index in [1.165, 1.54) is 154 Å². The highest BCUT2D eigenvalue weighted by Gasteiger charge is 2.19. The summed E-state index contributed by atoms with van der Waals surface area (Å²) in [6, 6.07) is 0. The first kappa shape index (κ1) is 54.4. The van der Waals surface area contributed by atoms with Gasteiger partial charge in [-0.2, -0.15) is 0 Å². The van der Waals surface area contributed by atoms with Crippen LogP contribution in [-0.4, -0.2) is 37.2 Å². The van der Waals surface area contributed by atoms with Gasteiger partial charge in [0.05, 0.1) is 0 Å². The summed E-state index contributed by atoms with van der Waals surface area (Å²) < 4.78 is 16.7. The average molecular weight is 793 g/mol. The standard InChI is InChI=1S/C50H96O6/c1-6-7-8-28-35-40-48(51)54-43-47(44-55-49(52)41-36-31-26-22-19-15-17-21-25-30-34-39-46(4)5)56-50(53)42-37-32-27-23-18-14-12-10-9-11-13-16-20-24-29-33-38-45(2)3/h45-47H,6-44H2,1-5H3/t47-/m0/s1. The fourth-order valence-corrected chi connectivity index (χ4v) is 7.46. The SMILES string of the molecule is CCCCCCCC(=O)OC[C@@H](COC(=O)CCCCCCCCCCCCCC(C)C)OC(=O)CCCCCCCCCCCCCCCCCCC(C)C. The molecule has 0 aromatic rings. The van der Waals surface area contributed by atoms with Crippen molar-refractivity contribution in [1.29, 1.82) is 0 Å². The van der Waals surface area contributed by atoms with Crippen LogP contribution in [0.1, 0.15) is 272 Å². The van der Waals surface area contributed by atoms with E-state index in [2.05, 4.69) is 34.6 Å². The van der Waals surface area contributed by atoms with E-state index in [-0.39, 0.29) is 31.1 Å². The molecule has 0 rings (SSSR count). The van der Waals surface area contributed by atoms with Crippen LogP contribution in [0.25, 0.3) is 0 Å². The lowest BCUT2D eigenvalue weighted by Gasteiger charge is -2.18. The number of unbranched alkanes of at least 4 members (excludes halogenated alkanes) is 29. The van der Waals surface area contributed by atoms with Crippen molar-refractivity contribution in [3.05, 3.63) is 0 Å². The molecule has 56 heavy (non-hydrogen) atoms. The van der Waals surface area contributed by atoms with Crippen LogP contribution in [0.2, 0.25) is 0 Å². The van der Waals surface area contributed by atoms with E-state index in [0.29, 0.717) is 19.3 Å². The maximum absolute atomic E-state index is 12.7. The lowest BCUT2D eigenvalue weighted by molar-refractivity contribution is -0.167. The molecule has 0 saturated heterocycles. The van der Waals surface area contributed by atoms with Gasteiger partial charge in [-0.25, -0.2) is 0 Å². The molecule has 0 aromatic heterocycles. The quantitative estimate of drug-likeness (QED) is 0.0347. The van der Waals surface area contributed by atoms with Gasteiger partial charge in [0.15, 0.2) is 6.10 Å².